The van der Waals surface area contributed by atoms with Gasteiger partial charge in [-0.3, -0.25) is 19.3 Å². The van der Waals surface area contributed by atoms with Crippen LogP contribution < -0.4 is 5.32 Å². The molecule has 2 aliphatic rings. The number of likely N-dealkylation sites (tertiary alicyclic amines) is 2. The van der Waals surface area contributed by atoms with Crippen LogP contribution in [0.3, 0.4) is 0 Å². The van der Waals surface area contributed by atoms with Crippen LogP contribution in [0.2, 0.25) is 0 Å². The summed E-state index contributed by atoms with van der Waals surface area (Å²) in [5.74, 6) is 0.537. The van der Waals surface area contributed by atoms with Crippen molar-refractivity contribution in [3.8, 4) is 0 Å². The smallest absolute Gasteiger partial charge is 0.249 e. The summed E-state index contributed by atoms with van der Waals surface area (Å²) in [4.78, 5) is 46.7. The van der Waals surface area contributed by atoms with Crippen LogP contribution in [0.4, 0.5) is 0 Å². The maximum atomic E-state index is 13.9. The Balaban J connectivity index is 1.65. The first kappa shape index (κ1) is 33.8. The molecule has 0 spiro atoms. The van der Waals surface area contributed by atoms with Gasteiger partial charge in [-0.05, 0) is 82.7 Å². The molecule has 0 aromatic heterocycles. The Morgan fingerprint density at radius 2 is 1.57 bits per heavy atom. The first-order valence-corrected chi connectivity index (χ1v) is 16.2. The number of carbonyl (C=O) groups excluding carboxylic acids is 3. The fourth-order valence-corrected chi connectivity index (χ4v) is 6.60. The molecule has 2 fully saturated rings. The van der Waals surface area contributed by atoms with E-state index in [4.69, 9.17) is 0 Å². The summed E-state index contributed by atoms with van der Waals surface area (Å²) >= 11 is 0. The molecular formula is C35H56N4O3. The Labute approximate surface area is 255 Å². The Kier molecular flexibility index (Phi) is 12.6. The lowest BCUT2D eigenvalue weighted by atomic mass is 9.90. The predicted molar refractivity (Wildman–Crippen MR) is 171 cm³/mol. The van der Waals surface area contributed by atoms with Gasteiger partial charge in [0.25, 0.3) is 0 Å². The Morgan fingerprint density at radius 3 is 2.14 bits per heavy atom. The van der Waals surface area contributed by atoms with Crippen LogP contribution in [0.5, 0.6) is 0 Å². The molecule has 0 bridgehead atoms. The first-order valence-electron chi connectivity index (χ1n) is 16.2. The van der Waals surface area contributed by atoms with Crippen molar-refractivity contribution in [2.75, 3.05) is 26.7 Å². The number of nitrogens with zero attached hydrogens (tertiary/aromatic N) is 3. The molecule has 3 amide bonds. The van der Waals surface area contributed by atoms with Crippen molar-refractivity contribution in [1.82, 2.24) is 20.0 Å². The molecule has 1 aromatic carbocycles. The van der Waals surface area contributed by atoms with Crippen LogP contribution in [0.15, 0.2) is 42.0 Å². The van der Waals surface area contributed by atoms with Gasteiger partial charge in [0.15, 0.2) is 0 Å². The van der Waals surface area contributed by atoms with E-state index >= 15 is 0 Å². The zero-order valence-corrected chi connectivity index (χ0v) is 27.4. The lowest BCUT2D eigenvalue weighted by molar-refractivity contribution is -0.140. The van der Waals surface area contributed by atoms with Gasteiger partial charge in [-0.2, -0.15) is 0 Å². The number of nitrogens with one attached hydrogen (secondary N) is 1. The largest absolute Gasteiger partial charge is 0.343 e. The van der Waals surface area contributed by atoms with E-state index in [0.717, 1.165) is 58.2 Å². The fourth-order valence-electron chi connectivity index (χ4n) is 6.60. The average Bonchev–Trinajstić information content (AvgIpc) is 2.97. The van der Waals surface area contributed by atoms with E-state index in [1.54, 1.807) is 11.9 Å². The molecule has 2 aliphatic heterocycles. The Hall–Kier alpha value is -2.67. The highest BCUT2D eigenvalue weighted by molar-refractivity contribution is 5.93. The molecule has 3 rings (SSSR count). The third-order valence-corrected chi connectivity index (χ3v) is 9.25. The highest BCUT2D eigenvalue weighted by Gasteiger charge is 2.36. The normalized spacial score (nSPS) is 20.6. The second-order valence-corrected chi connectivity index (χ2v) is 13.5. The van der Waals surface area contributed by atoms with Crippen molar-refractivity contribution in [3.63, 3.8) is 0 Å². The van der Waals surface area contributed by atoms with Crippen molar-refractivity contribution < 1.29 is 14.4 Å². The first-order chi connectivity index (χ1) is 19.9. The molecule has 42 heavy (non-hydrogen) atoms. The van der Waals surface area contributed by atoms with Crippen molar-refractivity contribution >= 4 is 17.7 Å². The molecule has 3 atom stereocenters. The molecule has 1 aromatic rings. The maximum Gasteiger partial charge on any atom is 0.249 e. The minimum Gasteiger partial charge on any atom is -0.343 e. The number of rotatable bonds is 11. The minimum absolute atomic E-state index is 0.0532. The van der Waals surface area contributed by atoms with Crippen LogP contribution in [-0.2, 0) is 20.8 Å². The molecule has 2 heterocycles. The summed E-state index contributed by atoms with van der Waals surface area (Å²) in [5, 5.41) is 3.13. The van der Waals surface area contributed by atoms with Crippen LogP contribution in [0, 0.1) is 17.8 Å². The van der Waals surface area contributed by atoms with Gasteiger partial charge in [0, 0.05) is 31.8 Å². The Morgan fingerprint density at radius 1 is 0.929 bits per heavy atom. The number of amides is 3. The monoisotopic (exact) mass is 580 g/mol. The molecule has 0 radical (unpaired) electrons. The standard InChI is InChI=1S/C35H56N4O3/c1-24(2)31(22-27(7)34(41)38-20-17-29(18-21-38)23-28-14-10-9-11-15-28)37(8)35(42)32(25(3)4)36-33(40)30-16-12-13-19-39(30)26(5)6/h9-11,14-15,22,24-26,29-32H,12-13,16-21,23H2,1-8H3,(H,36,40)/t30?,31-,32+/m1/s1. The lowest BCUT2D eigenvalue weighted by Gasteiger charge is -2.39. The van der Waals surface area contributed by atoms with Gasteiger partial charge < -0.3 is 15.1 Å². The second-order valence-electron chi connectivity index (χ2n) is 13.5. The summed E-state index contributed by atoms with van der Waals surface area (Å²) in [6, 6.07) is 9.79. The number of piperidine rings is 2. The topological polar surface area (TPSA) is 73.0 Å². The third-order valence-electron chi connectivity index (χ3n) is 9.25. The van der Waals surface area contributed by atoms with Gasteiger partial charge in [-0.1, -0.05) is 70.5 Å². The third kappa shape index (κ3) is 8.92. The lowest BCUT2D eigenvalue weighted by Crippen LogP contribution is -2.58. The van der Waals surface area contributed by atoms with Gasteiger partial charge in [-0.15, -0.1) is 0 Å². The number of likely N-dealkylation sites (N-methyl/N-ethyl adjacent to an activating group) is 1. The molecule has 0 aliphatic carbocycles. The average molecular weight is 581 g/mol. The van der Waals surface area contributed by atoms with E-state index < -0.39 is 6.04 Å². The van der Waals surface area contributed by atoms with Gasteiger partial charge in [-0.25, -0.2) is 0 Å². The minimum atomic E-state index is -0.618. The van der Waals surface area contributed by atoms with Gasteiger partial charge >= 0.3 is 0 Å². The molecule has 1 unspecified atom stereocenters. The van der Waals surface area contributed by atoms with Crippen LogP contribution in [0.25, 0.3) is 0 Å². The predicted octanol–water partition coefficient (Wildman–Crippen LogP) is 5.30. The zero-order chi connectivity index (χ0) is 31.0. The molecule has 1 N–H and O–H groups in total. The summed E-state index contributed by atoms with van der Waals surface area (Å²) < 4.78 is 0. The van der Waals surface area contributed by atoms with E-state index in [1.165, 1.54) is 5.56 Å². The summed E-state index contributed by atoms with van der Waals surface area (Å²) in [5.41, 5.74) is 2.03. The number of hydrogen-bond donors (Lipinski definition) is 1. The van der Waals surface area contributed by atoms with Crippen molar-refractivity contribution in [2.24, 2.45) is 17.8 Å². The van der Waals surface area contributed by atoms with Crippen LogP contribution in [0.1, 0.15) is 86.1 Å². The number of benzene rings is 1. The van der Waals surface area contributed by atoms with E-state index in [-0.39, 0.29) is 47.7 Å². The highest BCUT2D eigenvalue weighted by atomic mass is 16.2. The van der Waals surface area contributed by atoms with Crippen LogP contribution >= 0.6 is 0 Å². The zero-order valence-electron chi connectivity index (χ0n) is 27.4. The van der Waals surface area contributed by atoms with Crippen molar-refractivity contribution in [1.29, 1.82) is 0 Å². The van der Waals surface area contributed by atoms with E-state index in [0.29, 0.717) is 11.5 Å². The van der Waals surface area contributed by atoms with E-state index in [9.17, 15) is 14.4 Å². The van der Waals surface area contributed by atoms with Gasteiger partial charge in [0.2, 0.25) is 17.7 Å². The number of hydrogen-bond acceptors (Lipinski definition) is 4. The summed E-state index contributed by atoms with van der Waals surface area (Å²) in [6.07, 6.45) is 7.98. The maximum absolute atomic E-state index is 13.9. The molecule has 0 saturated carbocycles. The highest BCUT2D eigenvalue weighted by Crippen LogP contribution is 2.24. The summed E-state index contributed by atoms with van der Waals surface area (Å²) in [6.45, 7) is 16.7. The fraction of sp³-hybridized carbons (Fsp3) is 0.686. The molecular weight excluding hydrogens is 524 g/mol. The molecule has 2 saturated heterocycles. The van der Waals surface area contributed by atoms with E-state index in [1.807, 2.05) is 37.8 Å². The van der Waals surface area contributed by atoms with Crippen molar-refractivity contribution in [3.05, 3.63) is 47.5 Å². The Bertz CT molecular complexity index is 1060. The molecule has 7 heteroatoms. The summed E-state index contributed by atoms with van der Waals surface area (Å²) in [7, 11) is 1.80. The van der Waals surface area contributed by atoms with Crippen LogP contribution in [-0.4, -0.2) is 83.3 Å². The van der Waals surface area contributed by atoms with Gasteiger partial charge in [0.05, 0.1) is 12.1 Å². The molecule has 7 nitrogen and oxygen atoms in total. The second kappa shape index (κ2) is 15.7. The van der Waals surface area contributed by atoms with E-state index in [2.05, 4.69) is 62.2 Å². The van der Waals surface area contributed by atoms with Gasteiger partial charge in [0.1, 0.15) is 6.04 Å². The SMILES string of the molecule is CC(=C[C@H](C(C)C)N(C)C(=O)[C@@H](NC(=O)C1CCCCN1C(C)C)C(C)C)C(=O)N1CCC(Cc2ccccc2)CC1. The molecule has 234 valence electrons. The number of carbonyl (C=O) groups is 3. The quantitative estimate of drug-likeness (QED) is 0.361. The van der Waals surface area contributed by atoms with Crippen molar-refractivity contribution in [2.45, 2.75) is 111 Å².